The first-order valence-electron chi connectivity index (χ1n) is 8.14. The van der Waals surface area contributed by atoms with Gasteiger partial charge in [0.1, 0.15) is 0 Å². The van der Waals surface area contributed by atoms with E-state index >= 15 is 0 Å². The lowest BCUT2D eigenvalue weighted by Crippen LogP contribution is -2.55. The Balaban J connectivity index is 1.69. The lowest BCUT2D eigenvalue weighted by molar-refractivity contribution is -0.271. The van der Waals surface area contributed by atoms with E-state index in [1.807, 2.05) is 0 Å². The van der Waals surface area contributed by atoms with E-state index in [0.29, 0.717) is 12.5 Å². The van der Waals surface area contributed by atoms with Crippen molar-refractivity contribution < 1.29 is 23.1 Å². The van der Waals surface area contributed by atoms with Gasteiger partial charge < -0.3 is 15.3 Å². The van der Waals surface area contributed by atoms with Gasteiger partial charge in [0.15, 0.2) is 5.60 Å². The van der Waals surface area contributed by atoms with Crippen LogP contribution in [0.1, 0.15) is 51.4 Å². The van der Waals surface area contributed by atoms with Crippen molar-refractivity contribution in [3.8, 4) is 0 Å². The van der Waals surface area contributed by atoms with E-state index in [0.717, 1.165) is 6.42 Å². The number of rotatable bonds is 3. The molecule has 1 heterocycles. The number of carbonyl (C=O) groups is 1. The van der Waals surface area contributed by atoms with Gasteiger partial charge in [0.2, 0.25) is 0 Å². The molecule has 1 saturated carbocycles. The molecule has 0 unspecified atom stereocenters. The molecule has 2 fully saturated rings. The van der Waals surface area contributed by atoms with Crippen LogP contribution in [0.25, 0.3) is 0 Å². The molecule has 0 atom stereocenters. The average molecular weight is 322 g/mol. The molecular weight excluding hydrogens is 297 g/mol. The molecule has 0 aromatic heterocycles. The maximum Gasteiger partial charge on any atom is 0.417 e. The van der Waals surface area contributed by atoms with E-state index in [9.17, 15) is 23.1 Å². The molecule has 2 rings (SSSR count). The van der Waals surface area contributed by atoms with E-state index in [2.05, 4.69) is 5.32 Å². The Bertz CT molecular complexity index is 373. The molecule has 2 N–H and O–H groups in total. The molecule has 4 nitrogen and oxygen atoms in total. The summed E-state index contributed by atoms with van der Waals surface area (Å²) in [5, 5.41) is 12.4. The summed E-state index contributed by atoms with van der Waals surface area (Å²) < 4.78 is 38.1. The van der Waals surface area contributed by atoms with E-state index in [1.54, 1.807) is 0 Å². The summed E-state index contributed by atoms with van der Waals surface area (Å²) in [5.74, 6) is 0.658. The van der Waals surface area contributed by atoms with Gasteiger partial charge in [-0.1, -0.05) is 32.1 Å². The summed E-state index contributed by atoms with van der Waals surface area (Å²) >= 11 is 0. The monoisotopic (exact) mass is 322 g/mol. The lowest BCUT2D eigenvalue weighted by Gasteiger charge is -2.39. The third-order valence-corrected chi connectivity index (χ3v) is 4.96. The zero-order valence-corrected chi connectivity index (χ0v) is 12.8. The Morgan fingerprint density at radius 2 is 1.77 bits per heavy atom. The number of alkyl halides is 3. The zero-order valence-electron chi connectivity index (χ0n) is 12.8. The van der Waals surface area contributed by atoms with Crippen molar-refractivity contribution in [3.63, 3.8) is 0 Å². The van der Waals surface area contributed by atoms with Crippen LogP contribution < -0.4 is 5.32 Å². The third kappa shape index (κ3) is 4.27. The highest BCUT2D eigenvalue weighted by Gasteiger charge is 2.54. The highest BCUT2D eigenvalue weighted by Crippen LogP contribution is 2.38. The maximum atomic E-state index is 12.7. The number of nitrogens with zero attached hydrogens (tertiary/aromatic N) is 1. The molecule has 0 aromatic rings. The molecule has 1 aliphatic carbocycles. The normalized spacial score (nSPS) is 23.4. The summed E-state index contributed by atoms with van der Waals surface area (Å²) in [6.45, 7) is 0.445. The fourth-order valence-corrected chi connectivity index (χ4v) is 3.33. The fraction of sp³-hybridized carbons (Fsp3) is 0.933. The summed E-state index contributed by atoms with van der Waals surface area (Å²) in [6, 6.07) is -0.319. The Labute approximate surface area is 129 Å². The zero-order chi connectivity index (χ0) is 16.2. The molecule has 0 bridgehead atoms. The van der Waals surface area contributed by atoms with Crippen molar-refractivity contribution in [2.45, 2.75) is 63.1 Å². The smallest absolute Gasteiger partial charge is 0.380 e. The van der Waals surface area contributed by atoms with Crippen LogP contribution in [-0.2, 0) is 0 Å². The number of urea groups is 1. The van der Waals surface area contributed by atoms with Crippen molar-refractivity contribution in [1.82, 2.24) is 10.2 Å². The number of piperidine rings is 1. The van der Waals surface area contributed by atoms with Crippen LogP contribution >= 0.6 is 0 Å². The first-order valence-corrected chi connectivity index (χ1v) is 8.14. The molecule has 2 aliphatic rings. The quantitative estimate of drug-likeness (QED) is 0.839. The highest BCUT2D eigenvalue weighted by atomic mass is 19.4. The van der Waals surface area contributed by atoms with Crippen LogP contribution in [0.4, 0.5) is 18.0 Å². The summed E-state index contributed by atoms with van der Waals surface area (Å²) in [7, 11) is 0. The summed E-state index contributed by atoms with van der Waals surface area (Å²) in [4.78, 5) is 13.3. The van der Waals surface area contributed by atoms with E-state index in [-0.39, 0.29) is 19.1 Å². The van der Waals surface area contributed by atoms with Crippen molar-refractivity contribution in [3.05, 3.63) is 0 Å². The van der Waals surface area contributed by atoms with Crippen LogP contribution in [0.5, 0.6) is 0 Å². The van der Waals surface area contributed by atoms with E-state index in [4.69, 9.17) is 0 Å². The van der Waals surface area contributed by atoms with Gasteiger partial charge in [-0.3, -0.25) is 0 Å². The second-order valence-corrected chi connectivity index (χ2v) is 6.54. The van der Waals surface area contributed by atoms with Crippen LogP contribution in [0.15, 0.2) is 0 Å². The van der Waals surface area contributed by atoms with Crippen molar-refractivity contribution >= 4 is 6.03 Å². The minimum atomic E-state index is -4.63. The third-order valence-electron chi connectivity index (χ3n) is 4.96. The van der Waals surface area contributed by atoms with Crippen LogP contribution in [0.3, 0.4) is 0 Å². The fourth-order valence-electron chi connectivity index (χ4n) is 3.33. The van der Waals surface area contributed by atoms with Gasteiger partial charge in [-0.15, -0.1) is 0 Å². The van der Waals surface area contributed by atoms with Gasteiger partial charge in [-0.05, 0) is 12.3 Å². The number of likely N-dealkylation sites (tertiary alicyclic amines) is 1. The molecule has 0 radical (unpaired) electrons. The summed E-state index contributed by atoms with van der Waals surface area (Å²) in [6.07, 6.45) is 1.61. The van der Waals surface area contributed by atoms with Crippen LogP contribution in [0, 0.1) is 5.92 Å². The molecule has 1 saturated heterocycles. The highest BCUT2D eigenvalue weighted by molar-refractivity contribution is 5.74. The predicted octanol–water partition coefficient (Wildman–Crippen LogP) is 3.06. The molecule has 7 heteroatoms. The number of nitrogens with one attached hydrogen (secondary N) is 1. The topological polar surface area (TPSA) is 52.6 Å². The first kappa shape index (κ1) is 17.4. The van der Waals surface area contributed by atoms with Crippen molar-refractivity contribution in [2.24, 2.45) is 5.92 Å². The molecule has 22 heavy (non-hydrogen) atoms. The Morgan fingerprint density at radius 1 is 1.18 bits per heavy atom. The number of hydrogen-bond donors (Lipinski definition) is 2. The lowest BCUT2D eigenvalue weighted by atomic mass is 9.87. The number of aliphatic hydroxyl groups is 1. The van der Waals surface area contributed by atoms with Gasteiger partial charge >= 0.3 is 12.2 Å². The second kappa shape index (κ2) is 7.06. The van der Waals surface area contributed by atoms with Crippen LogP contribution in [0.2, 0.25) is 0 Å². The Hall–Kier alpha value is -0.980. The van der Waals surface area contributed by atoms with E-state index < -0.39 is 24.6 Å². The molecule has 128 valence electrons. The van der Waals surface area contributed by atoms with Gasteiger partial charge in [0.05, 0.1) is 0 Å². The molecule has 2 amide bonds. The standard InChI is InChI=1S/C15H25F3N2O2/c16-15(17,18)14(22)7-10-20(11-8-14)13(21)19-9-6-12-4-2-1-3-5-12/h12,22H,1-11H2,(H,19,21). The van der Waals surface area contributed by atoms with E-state index in [1.165, 1.54) is 37.0 Å². The van der Waals surface area contributed by atoms with Crippen molar-refractivity contribution in [2.75, 3.05) is 19.6 Å². The second-order valence-electron chi connectivity index (χ2n) is 6.54. The van der Waals surface area contributed by atoms with Crippen molar-refractivity contribution in [1.29, 1.82) is 0 Å². The van der Waals surface area contributed by atoms with Gasteiger partial charge in [-0.2, -0.15) is 13.2 Å². The number of carbonyl (C=O) groups excluding carboxylic acids is 1. The molecular formula is C15H25F3N2O2. The van der Waals surface area contributed by atoms with Gasteiger partial charge in [-0.25, -0.2) is 4.79 Å². The summed E-state index contributed by atoms with van der Waals surface area (Å²) in [5.41, 5.74) is -2.65. The van der Waals surface area contributed by atoms with Gasteiger partial charge in [0, 0.05) is 32.5 Å². The minimum Gasteiger partial charge on any atom is -0.380 e. The Kier molecular flexibility index (Phi) is 5.58. The van der Waals surface area contributed by atoms with Gasteiger partial charge in [0.25, 0.3) is 0 Å². The predicted molar refractivity (Wildman–Crippen MR) is 76.4 cm³/mol. The van der Waals surface area contributed by atoms with Crippen LogP contribution in [-0.4, -0.2) is 47.4 Å². The number of halogens is 3. The average Bonchev–Trinajstić information content (AvgIpc) is 2.48. The number of amides is 2. The number of hydrogen-bond acceptors (Lipinski definition) is 2. The largest absolute Gasteiger partial charge is 0.417 e. The first-order chi connectivity index (χ1) is 10.3. The molecule has 0 aromatic carbocycles. The Morgan fingerprint density at radius 3 is 2.32 bits per heavy atom. The molecule has 0 spiro atoms. The minimum absolute atomic E-state index is 0.0642. The maximum absolute atomic E-state index is 12.7. The SMILES string of the molecule is O=C(NCCC1CCCCC1)N1CCC(O)(C(F)(F)F)CC1. The molecule has 1 aliphatic heterocycles.